The lowest BCUT2D eigenvalue weighted by atomic mass is 9.98. The number of hydrogen-bond acceptors (Lipinski definition) is 4. The molecule has 0 unspecified atom stereocenters. The summed E-state index contributed by atoms with van der Waals surface area (Å²) < 4.78 is 1.03. The van der Waals surface area contributed by atoms with Gasteiger partial charge >= 0.3 is 5.97 Å². The van der Waals surface area contributed by atoms with Crippen LogP contribution in [0.15, 0.2) is 22.7 Å². The minimum absolute atomic E-state index is 0.179. The summed E-state index contributed by atoms with van der Waals surface area (Å²) in [5, 5.41) is 2.50. The van der Waals surface area contributed by atoms with Crippen LogP contribution in [0.5, 0.6) is 0 Å². The fourth-order valence-corrected chi connectivity index (χ4v) is 2.93. The number of rotatable bonds is 3. The molecule has 0 N–H and O–H groups in total. The predicted molar refractivity (Wildman–Crippen MR) is 91.5 cm³/mol. The van der Waals surface area contributed by atoms with Crippen molar-refractivity contribution in [2.75, 3.05) is 26.2 Å². The van der Waals surface area contributed by atoms with Crippen LogP contribution in [0.25, 0.3) is 0 Å². The van der Waals surface area contributed by atoms with Gasteiger partial charge in [-0.1, -0.05) is 33.6 Å². The molecule has 1 aliphatic rings. The summed E-state index contributed by atoms with van der Waals surface area (Å²) >= 11 is 9.51. The highest BCUT2D eigenvalue weighted by Gasteiger charge is 2.27. The second-order valence-corrected chi connectivity index (χ2v) is 7.86. The zero-order chi connectivity index (χ0) is 16.3. The fourth-order valence-electron chi connectivity index (χ4n) is 2.12. The molecule has 122 valence electrons. The quantitative estimate of drug-likeness (QED) is 0.789. The van der Waals surface area contributed by atoms with Crippen molar-refractivity contribution in [2.24, 2.45) is 5.41 Å². The predicted octanol–water partition coefficient (Wildman–Crippen LogP) is 3.72. The van der Waals surface area contributed by atoms with Crippen LogP contribution in [-0.2, 0) is 16.2 Å². The largest absolute Gasteiger partial charge is 0.367 e. The maximum absolute atomic E-state index is 11.9. The van der Waals surface area contributed by atoms with Gasteiger partial charge in [-0.3, -0.25) is 4.90 Å². The van der Waals surface area contributed by atoms with Gasteiger partial charge in [0.15, 0.2) is 0 Å². The summed E-state index contributed by atoms with van der Waals surface area (Å²) in [5.74, 6) is -0.179. The molecule has 4 nitrogen and oxygen atoms in total. The molecule has 1 fully saturated rings. The molecular formula is C16H22BrClN2O2. The molecule has 6 heteroatoms. The lowest BCUT2D eigenvalue weighted by molar-refractivity contribution is -0.207. The van der Waals surface area contributed by atoms with E-state index in [1.807, 2.05) is 39.0 Å². The number of piperazine rings is 1. The van der Waals surface area contributed by atoms with Crippen LogP contribution in [0.1, 0.15) is 26.3 Å². The second-order valence-electron chi connectivity index (χ2n) is 6.57. The molecule has 2 rings (SSSR count). The first-order valence-corrected chi connectivity index (χ1v) is 8.56. The molecule has 0 saturated carbocycles. The molecule has 0 spiro atoms. The number of nitrogens with zero attached hydrogens (tertiary/aromatic N) is 2. The Morgan fingerprint density at radius 2 is 1.91 bits per heavy atom. The molecule has 1 aliphatic heterocycles. The van der Waals surface area contributed by atoms with Gasteiger partial charge in [0.25, 0.3) is 0 Å². The highest BCUT2D eigenvalue weighted by atomic mass is 79.9. The second kappa shape index (κ2) is 7.30. The van der Waals surface area contributed by atoms with Gasteiger partial charge in [-0.2, -0.15) is 0 Å². The van der Waals surface area contributed by atoms with Crippen LogP contribution in [0.2, 0.25) is 5.02 Å². The molecule has 1 saturated heterocycles. The molecule has 0 amide bonds. The van der Waals surface area contributed by atoms with E-state index < -0.39 is 5.41 Å². The number of hydroxylamine groups is 2. The average molecular weight is 390 g/mol. The van der Waals surface area contributed by atoms with Gasteiger partial charge < -0.3 is 4.84 Å². The van der Waals surface area contributed by atoms with Crippen molar-refractivity contribution in [3.63, 3.8) is 0 Å². The van der Waals surface area contributed by atoms with Gasteiger partial charge in [0, 0.05) is 42.2 Å². The zero-order valence-corrected chi connectivity index (χ0v) is 15.6. The Bertz CT molecular complexity index is 537. The monoisotopic (exact) mass is 388 g/mol. The zero-order valence-electron chi connectivity index (χ0n) is 13.2. The maximum atomic E-state index is 11.9. The van der Waals surface area contributed by atoms with E-state index >= 15 is 0 Å². The summed E-state index contributed by atoms with van der Waals surface area (Å²) in [6, 6.07) is 5.86. The first-order valence-electron chi connectivity index (χ1n) is 7.39. The van der Waals surface area contributed by atoms with Crippen LogP contribution in [0, 0.1) is 5.41 Å². The summed E-state index contributed by atoms with van der Waals surface area (Å²) in [4.78, 5) is 19.7. The Balaban J connectivity index is 1.83. The van der Waals surface area contributed by atoms with Crippen molar-refractivity contribution in [1.29, 1.82) is 0 Å². The third-order valence-electron chi connectivity index (χ3n) is 3.56. The van der Waals surface area contributed by atoms with Gasteiger partial charge in [-0.25, -0.2) is 4.79 Å². The highest BCUT2D eigenvalue weighted by Crippen LogP contribution is 2.23. The maximum Gasteiger partial charge on any atom is 0.330 e. The van der Waals surface area contributed by atoms with Crippen molar-refractivity contribution < 1.29 is 9.63 Å². The topological polar surface area (TPSA) is 32.8 Å². The Labute approximate surface area is 145 Å². The lowest BCUT2D eigenvalue weighted by Gasteiger charge is -2.34. The van der Waals surface area contributed by atoms with E-state index in [0.717, 1.165) is 42.2 Å². The minimum atomic E-state index is -0.467. The molecule has 0 radical (unpaired) electrons. The van der Waals surface area contributed by atoms with Crippen molar-refractivity contribution in [3.05, 3.63) is 33.3 Å². The Kier molecular flexibility index (Phi) is 5.88. The molecule has 1 heterocycles. The molecule has 0 atom stereocenters. The van der Waals surface area contributed by atoms with E-state index in [9.17, 15) is 4.79 Å². The van der Waals surface area contributed by atoms with E-state index in [1.54, 1.807) is 5.06 Å². The minimum Gasteiger partial charge on any atom is -0.367 e. The van der Waals surface area contributed by atoms with E-state index in [4.69, 9.17) is 16.4 Å². The SMILES string of the molecule is CC(C)(C)C(=O)ON1CCN(Cc2ccc(Cl)cc2Br)CC1. The Hall–Kier alpha value is -0.620. The van der Waals surface area contributed by atoms with E-state index in [-0.39, 0.29) is 5.97 Å². The molecule has 22 heavy (non-hydrogen) atoms. The third-order valence-corrected chi connectivity index (χ3v) is 4.54. The van der Waals surface area contributed by atoms with Crippen LogP contribution < -0.4 is 0 Å². The molecule has 1 aromatic carbocycles. The number of carbonyl (C=O) groups is 1. The molecule has 1 aromatic rings. The number of halogens is 2. The van der Waals surface area contributed by atoms with Gasteiger partial charge in [-0.15, -0.1) is 5.06 Å². The lowest BCUT2D eigenvalue weighted by Crippen LogP contribution is -2.47. The summed E-state index contributed by atoms with van der Waals surface area (Å²) in [6.45, 7) is 9.65. The third kappa shape index (κ3) is 4.95. The van der Waals surface area contributed by atoms with Gasteiger partial charge in [-0.05, 0) is 38.5 Å². The Morgan fingerprint density at radius 1 is 1.27 bits per heavy atom. The van der Waals surface area contributed by atoms with Crippen molar-refractivity contribution in [2.45, 2.75) is 27.3 Å². The van der Waals surface area contributed by atoms with Gasteiger partial charge in [0.1, 0.15) is 0 Å². The van der Waals surface area contributed by atoms with Crippen LogP contribution in [0.4, 0.5) is 0 Å². The van der Waals surface area contributed by atoms with E-state index in [1.165, 1.54) is 5.56 Å². The van der Waals surface area contributed by atoms with Gasteiger partial charge in [0.05, 0.1) is 5.41 Å². The number of carbonyl (C=O) groups excluding carboxylic acids is 1. The van der Waals surface area contributed by atoms with Crippen molar-refractivity contribution in [3.8, 4) is 0 Å². The van der Waals surface area contributed by atoms with Crippen molar-refractivity contribution in [1.82, 2.24) is 9.96 Å². The van der Waals surface area contributed by atoms with Crippen molar-refractivity contribution >= 4 is 33.5 Å². The average Bonchev–Trinajstić information content (AvgIpc) is 2.43. The molecule has 0 bridgehead atoms. The fraction of sp³-hybridized carbons (Fsp3) is 0.562. The van der Waals surface area contributed by atoms with Gasteiger partial charge in [0.2, 0.25) is 0 Å². The molecular weight excluding hydrogens is 368 g/mol. The molecule has 0 aromatic heterocycles. The summed E-state index contributed by atoms with van der Waals surface area (Å²) in [7, 11) is 0. The standard InChI is InChI=1S/C16H22BrClN2O2/c1-16(2,3)15(21)22-20-8-6-19(7-9-20)11-12-4-5-13(18)10-14(12)17/h4-5,10H,6-9,11H2,1-3H3. The van der Waals surface area contributed by atoms with Crippen LogP contribution in [0.3, 0.4) is 0 Å². The normalized spacial score (nSPS) is 17.5. The smallest absolute Gasteiger partial charge is 0.330 e. The number of hydrogen-bond donors (Lipinski definition) is 0. The van der Waals surface area contributed by atoms with Crippen LogP contribution >= 0.6 is 27.5 Å². The Morgan fingerprint density at radius 3 is 2.45 bits per heavy atom. The number of benzene rings is 1. The first kappa shape index (κ1) is 17.7. The summed E-state index contributed by atoms with van der Waals surface area (Å²) in [5.41, 5.74) is 0.746. The molecule has 0 aliphatic carbocycles. The van der Waals surface area contributed by atoms with E-state index in [0.29, 0.717) is 0 Å². The summed E-state index contributed by atoms with van der Waals surface area (Å²) in [6.07, 6.45) is 0. The highest BCUT2D eigenvalue weighted by molar-refractivity contribution is 9.10. The first-order chi connectivity index (χ1) is 10.3. The van der Waals surface area contributed by atoms with E-state index in [2.05, 4.69) is 20.8 Å². The van der Waals surface area contributed by atoms with Crippen LogP contribution in [-0.4, -0.2) is 42.1 Å².